The van der Waals surface area contributed by atoms with Crippen LogP contribution in [0.4, 0.5) is 0 Å². The SMILES string of the molecule is C/C=C/C(CCC1=CC=CN2CCN=C12)=C(\C=C(/C)CC)C(C)C. The van der Waals surface area contributed by atoms with Crippen LogP contribution >= 0.6 is 0 Å². The smallest absolute Gasteiger partial charge is 0.130 e. The number of aliphatic imine (C=N–C) groups is 1. The largest absolute Gasteiger partial charge is 0.331 e. The first-order chi connectivity index (χ1) is 11.6. The molecule has 0 unspecified atom stereocenters. The lowest BCUT2D eigenvalue weighted by atomic mass is 9.90. The molecule has 24 heavy (non-hydrogen) atoms. The van der Waals surface area contributed by atoms with Crippen molar-refractivity contribution in [3.63, 3.8) is 0 Å². The highest BCUT2D eigenvalue weighted by molar-refractivity contribution is 6.01. The van der Waals surface area contributed by atoms with Gasteiger partial charge in [0, 0.05) is 12.7 Å². The molecule has 2 nitrogen and oxygen atoms in total. The molecule has 0 N–H and O–H groups in total. The summed E-state index contributed by atoms with van der Waals surface area (Å²) in [4.78, 5) is 6.96. The van der Waals surface area contributed by atoms with Crippen molar-refractivity contribution in [1.82, 2.24) is 4.90 Å². The second-order valence-corrected chi connectivity index (χ2v) is 6.91. The first-order valence-corrected chi connectivity index (χ1v) is 9.28. The highest BCUT2D eigenvalue weighted by Crippen LogP contribution is 2.27. The van der Waals surface area contributed by atoms with Gasteiger partial charge >= 0.3 is 0 Å². The summed E-state index contributed by atoms with van der Waals surface area (Å²) in [7, 11) is 0. The molecule has 130 valence electrons. The van der Waals surface area contributed by atoms with Crippen molar-refractivity contribution in [2.24, 2.45) is 10.9 Å². The van der Waals surface area contributed by atoms with E-state index in [1.807, 2.05) is 0 Å². The highest BCUT2D eigenvalue weighted by atomic mass is 15.2. The van der Waals surface area contributed by atoms with Crippen LogP contribution in [0.1, 0.15) is 53.9 Å². The van der Waals surface area contributed by atoms with Crippen molar-refractivity contribution in [2.75, 3.05) is 13.1 Å². The lowest BCUT2D eigenvalue weighted by molar-refractivity contribution is 0.605. The second kappa shape index (κ2) is 8.86. The van der Waals surface area contributed by atoms with Gasteiger partial charge in [-0.2, -0.15) is 0 Å². The zero-order valence-corrected chi connectivity index (χ0v) is 16.0. The minimum absolute atomic E-state index is 0.540. The third kappa shape index (κ3) is 4.59. The molecule has 2 heterocycles. The summed E-state index contributed by atoms with van der Waals surface area (Å²) in [6.07, 6.45) is 16.6. The molecule has 0 fully saturated rings. The number of allylic oxidation sites excluding steroid dienone is 8. The van der Waals surface area contributed by atoms with Gasteiger partial charge in [0.05, 0.1) is 6.54 Å². The van der Waals surface area contributed by atoms with Crippen LogP contribution < -0.4 is 0 Å². The van der Waals surface area contributed by atoms with Gasteiger partial charge in [-0.05, 0) is 61.8 Å². The molecule has 0 amide bonds. The van der Waals surface area contributed by atoms with E-state index in [4.69, 9.17) is 0 Å². The third-order valence-corrected chi connectivity index (χ3v) is 4.71. The van der Waals surface area contributed by atoms with Gasteiger partial charge in [0.25, 0.3) is 0 Å². The summed E-state index contributed by atoms with van der Waals surface area (Å²) in [6, 6.07) is 0. The van der Waals surface area contributed by atoms with Gasteiger partial charge < -0.3 is 4.90 Å². The molecule has 0 aromatic heterocycles. The van der Waals surface area contributed by atoms with E-state index < -0.39 is 0 Å². The van der Waals surface area contributed by atoms with Crippen LogP contribution in [0.5, 0.6) is 0 Å². The number of fused-ring (bicyclic) bond motifs is 1. The summed E-state index contributed by atoms with van der Waals surface area (Å²) < 4.78 is 0. The summed E-state index contributed by atoms with van der Waals surface area (Å²) in [5, 5.41) is 0. The highest BCUT2D eigenvalue weighted by Gasteiger charge is 2.20. The molecule has 0 spiro atoms. The Morgan fingerprint density at radius 3 is 2.83 bits per heavy atom. The summed E-state index contributed by atoms with van der Waals surface area (Å²) in [5.41, 5.74) is 5.76. The van der Waals surface area contributed by atoms with Crippen LogP contribution in [0.15, 0.2) is 63.9 Å². The van der Waals surface area contributed by atoms with E-state index in [1.54, 1.807) is 0 Å². The minimum atomic E-state index is 0.540. The van der Waals surface area contributed by atoms with Crippen LogP contribution in [0.3, 0.4) is 0 Å². The van der Waals surface area contributed by atoms with Gasteiger partial charge in [-0.3, -0.25) is 4.99 Å². The fourth-order valence-corrected chi connectivity index (χ4v) is 3.22. The van der Waals surface area contributed by atoms with Crippen molar-refractivity contribution in [3.8, 4) is 0 Å². The normalized spacial score (nSPS) is 18.9. The van der Waals surface area contributed by atoms with E-state index in [-0.39, 0.29) is 0 Å². The molecule has 2 aliphatic rings. The number of hydrogen-bond acceptors (Lipinski definition) is 2. The molecule has 0 saturated carbocycles. The summed E-state index contributed by atoms with van der Waals surface area (Å²) in [5.74, 6) is 1.72. The first kappa shape index (κ1) is 18.5. The maximum atomic E-state index is 4.68. The molecular weight excluding hydrogens is 292 g/mol. The van der Waals surface area contributed by atoms with Crippen LogP contribution in [0.2, 0.25) is 0 Å². The van der Waals surface area contributed by atoms with E-state index in [9.17, 15) is 0 Å². The van der Waals surface area contributed by atoms with Crippen molar-refractivity contribution in [2.45, 2.75) is 53.9 Å². The molecule has 2 rings (SSSR count). The molecule has 0 atom stereocenters. The molecule has 0 saturated heterocycles. The Morgan fingerprint density at radius 2 is 2.17 bits per heavy atom. The number of hydrogen-bond donors (Lipinski definition) is 0. The average Bonchev–Trinajstić information content (AvgIpc) is 3.05. The van der Waals surface area contributed by atoms with Gasteiger partial charge in [-0.25, -0.2) is 0 Å². The summed E-state index contributed by atoms with van der Waals surface area (Å²) in [6.45, 7) is 13.1. The van der Waals surface area contributed by atoms with E-state index in [2.05, 4.69) is 81.1 Å². The molecule has 0 bridgehead atoms. The Labute approximate surface area is 148 Å². The Balaban J connectivity index is 2.23. The van der Waals surface area contributed by atoms with Crippen molar-refractivity contribution < 1.29 is 0 Å². The molecule has 2 aliphatic heterocycles. The van der Waals surface area contributed by atoms with Crippen LogP contribution in [0.25, 0.3) is 0 Å². The average molecular weight is 325 g/mol. The number of amidine groups is 1. The zero-order valence-electron chi connectivity index (χ0n) is 16.0. The molecule has 0 aromatic rings. The Kier molecular flexibility index (Phi) is 6.84. The minimum Gasteiger partial charge on any atom is -0.331 e. The quantitative estimate of drug-likeness (QED) is 0.539. The van der Waals surface area contributed by atoms with Gasteiger partial charge in [0.1, 0.15) is 5.84 Å². The molecule has 2 heteroatoms. The number of nitrogens with zero attached hydrogens (tertiary/aromatic N) is 2. The fourth-order valence-electron chi connectivity index (χ4n) is 3.22. The monoisotopic (exact) mass is 324 g/mol. The topological polar surface area (TPSA) is 15.6 Å². The molecular formula is C22H32N2. The lowest BCUT2D eigenvalue weighted by Gasteiger charge is -2.22. The molecule has 0 aliphatic carbocycles. The standard InChI is InChI=1S/C22H32N2/c1-6-9-19(21(17(3)4)16-18(5)7-2)11-12-20-10-8-14-24-15-13-23-22(20)24/h6,8-10,14,16-17H,7,11-13,15H2,1-5H3/b9-6+,18-16+,21-19-. The van der Waals surface area contributed by atoms with E-state index in [0.717, 1.165) is 32.4 Å². The maximum absolute atomic E-state index is 4.68. The summed E-state index contributed by atoms with van der Waals surface area (Å²) >= 11 is 0. The van der Waals surface area contributed by atoms with E-state index in [1.165, 1.54) is 28.1 Å². The second-order valence-electron chi connectivity index (χ2n) is 6.91. The Morgan fingerprint density at radius 1 is 1.38 bits per heavy atom. The first-order valence-electron chi connectivity index (χ1n) is 9.28. The van der Waals surface area contributed by atoms with Gasteiger partial charge in [-0.15, -0.1) is 0 Å². The lowest BCUT2D eigenvalue weighted by Crippen LogP contribution is -2.25. The van der Waals surface area contributed by atoms with E-state index >= 15 is 0 Å². The third-order valence-electron chi connectivity index (χ3n) is 4.71. The zero-order chi connectivity index (χ0) is 17.5. The van der Waals surface area contributed by atoms with Gasteiger partial charge in [0.15, 0.2) is 0 Å². The Bertz CT molecular complexity index is 624. The van der Waals surface area contributed by atoms with Crippen LogP contribution in [-0.2, 0) is 0 Å². The fraction of sp³-hybridized carbons (Fsp3) is 0.500. The van der Waals surface area contributed by atoms with E-state index in [0.29, 0.717) is 5.92 Å². The van der Waals surface area contributed by atoms with Gasteiger partial charge in [-0.1, -0.05) is 50.6 Å². The predicted octanol–water partition coefficient (Wildman–Crippen LogP) is 5.82. The predicted molar refractivity (Wildman–Crippen MR) is 106 cm³/mol. The van der Waals surface area contributed by atoms with Crippen molar-refractivity contribution in [1.29, 1.82) is 0 Å². The molecule has 0 radical (unpaired) electrons. The molecule has 0 aromatic carbocycles. The van der Waals surface area contributed by atoms with Gasteiger partial charge in [0.2, 0.25) is 0 Å². The van der Waals surface area contributed by atoms with Crippen LogP contribution in [0, 0.1) is 5.92 Å². The number of rotatable bonds is 7. The van der Waals surface area contributed by atoms with Crippen molar-refractivity contribution >= 4 is 5.84 Å². The maximum Gasteiger partial charge on any atom is 0.130 e. The van der Waals surface area contributed by atoms with Crippen LogP contribution in [-0.4, -0.2) is 23.8 Å². The van der Waals surface area contributed by atoms with Crippen molar-refractivity contribution in [3.05, 3.63) is 58.9 Å². The Hall–Kier alpha value is -1.83.